The second-order valence-electron chi connectivity index (χ2n) is 6.74. The summed E-state index contributed by atoms with van der Waals surface area (Å²) in [7, 11) is 1.65. The minimum atomic E-state index is -0.658. The molecule has 3 heteroatoms. The average Bonchev–Trinajstić information content (AvgIpc) is 2.44. The van der Waals surface area contributed by atoms with Crippen LogP contribution < -0.4 is 4.74 Å². The zero-order chi connectivity index (χ0) is 13.0. The van der Waals surface area contributed by atoms with Gasteiger partial charge in [0.25, 0.3) is 0 Å². The fourth-order valence-electron chi connectivity index (χ4n) is 5.12. The van der Waals surface area contributed by atoms with Gasteiger partial charge in [0.2, 0.25) is 0 Å². The number of nitrogens with zero attached hydrogens (tertiary/aromatic N) is 1. The van der Waals surface area contributed by atoms with Crippen LogP contribution in [0.2, 0.25) is 0 Å². The molecule has 0 saturated heterocycles. The van der Waals surface area contributed by atoms with Crippen LogP contribution in [0.3, 0.4) is 0 Å². The second-order valence-corrected chi connectivity index (χ2v) is 6.74. The Labute approximate surface area is 114 Å². The van der Waals surface area contributed by atoms with E-state index in [1.54, 1.807) is 13.3 Å². The molecule has 19 heavy (non-hydrogen) atoms. The number of aromatic nitrogens is 1. The van der Waals surface area contributed by atoms with E-state index in [1.165, 1.54) is 32.1 Å². The highest BCUT2D eigenvalue weighted by atomic mass is 16.5. The van der Waals surface area contributed by atoms with E-state index in [4.69, 9.17) is 4.74 Å². The average molecular weight is 259 g/mol. The van der Waals surface area contributed by atoms with E-state index >= 15 is 0 Å². The Hall–Kier alpha value is -1.09. The predicted molar refractivity (Wildman–Crippen MR) is 71.7 cm³/mol. The summed E-state index contributed by atoms with van der Waals surface area (Å²) < 4.78 is 5.27. The molecule has 1 aromatic heterocycles. The molecule has 1 N–H and O–H groups in total. The van der Waals surface area contributed by atoms with Gasteiger partial charge in [0.15, 0.2) is 0 Å². The lowest BCUT2D eigenvalue weighted by Crippen LogP contribution is -2.55. The smallest absolute Gasteiger partial charge is 0.137 e. The van der Waals surface area contributed by atoms with Gasteiger partial charge < -0.3 is 9.84 Å². The van der Waals surface area contributed by atoms with Crippen molar-refractivity contribution in [3.05, 3.63) is 24.0 Å². The number of methoxy groups -OCH3 is 1. The summed E-state index contributed by atoms with van der Waals surface area (Å²) in [5.41, 5.74) is 0.315. The summed E-state index contributed by atoms with van der Waals surface area (Å²) >= 11 is 0. The van der Waals surface area contributed by atoms with Gasteiger partial charge in [-0.15, -0.1) is 0 Å². The molecular formula is C16H21NO2. The third kappa shape index (κ3) is 1.57. The number of ether oxygens (including phenoxy) is 1. The number of pyridine rings is 1. The number of hydrogen-bond donors (Lipinski definition) is 1. The van der Waals surface area contributed by atoms with E-state index < -0.39 is 5.60 Å². The lowest BCUT2D eigenvalue weighted by molar-refractivity contribution is -0.179. The second kappa shape index (κ2) is 3.95. The minimum absolute atomic E-state index is 0.428. The highest BCUT2D eigenvalue weighted by Gasteiger charge is 2.57. The molecule has 0 spiro atoms. The van der Waals surface area contributed by atoms with Gasteiger partial charge in [-0.2, -0.15) is 0 Å². The van der Waals surface area contributed by atoms with Crippen molar-refractivity contribution in [2.75, 3.05) is 7.11 Å². The first-order chi connectivity index (χ1) is 9.20. The van der Waals surface area contributed by atoms with E-state index in [1.807, 2.05) is 12.3 Å². The lowest BCUT2D eigenvalue weighted by Gasteiger charge is -2.59. The quantitative estimate of drug-likeness (QED) is 0.888. The number of hydrogen-bond acceptors (Lipinski definition) is 3. The van der Waals surface area contributed by atoms with Gasteiger partial charge in [-0.25, -0.2) is 0 Å². The Bertz CT molecular complexity index is 471. The van der Waals surface area contributed by atoms with Crippen molar-refractivity contribution >= 4 is 0 Å². The summed E-state index contributed by atoms with van der Waals surface area (Å²) in [5, 5.41) is 11.4. The normalized spacial score (nSPS) is 43.5. The molecule has 102 valence electrons. The Balaban J connectivity index is 1.76. The van der Waals surface area contributed by atoms with Crippen molar-refractivity contribution in [2.45, 2.75) is 37.7 Å². The molecule has 4 saturated carbocycles. The van der Waals surface area contributed by atoms with Gasteiger partial charge in [0, 0.05) is 11.8 Å². The Morgan fingerprint density at radius 3 is 2.32 bits per heavy atom. The molecule has 4 fully saturated rings. The molecule has 1 aromatic rings. The fourth-order valence-corrected chi connectivity index (χ4v) is 5.12. The van der Waals surface area contributed by atoms with Crippen LogP contribution in [0, 0.1) is 23.7 Å². The maximum Gasteiger partial charge on any atom is 0.137 e. The van der Waals surface area contributed by atoms with Crippen LogP contribution >= 0.6 is 0 Å². The summed E-state index contributed by atoms with van der Waals surface area (Å²) in [5.74, 6) is 3.33. The molecule has 0 atom stereocenters. The molecule has 0 aliphatic heterocycles. The van der Waals surface area contributed by atoms with Gasteiger partial charge in [-0.3, -0.25) is 4.98 Å². The first-order valence-corrected chi connectivity index (χ1v) is 7.42. The van der Waals surface area contributed by atoms with Crippen molar-refractivity contribution in [2.24, 2.45) is 23.7 Å². The van der Waals surface area contributed by atoms with Crippen LogP contribution in [0.15, 0.2) is 18.5 Å². The molecular weight excluding hydrogens is 238 g/mol. The zero-order valence-electron chi connectivity index (χ0n) is 11.4. The molecule has 4 aliphatic carbocycles. The summed E-state index contributed by atoms with van der Waals surface area (Å²) in [6.07, 6.45) is 9.73. The largest absolute Gasteiger partial charge is 0.495 e. The topological polar surface area (TPSA) is 42.4 Å². The van der Waals surface area contributed by atoms with Crippen molar-refractivity contribution in [3.63, 3.8) is 0 Å². The highest BCUT2D eigenvalue weighted by molar-refractivity contribution is 5.31. The van der Waals surface area contributed by atoms with Gasteiger partial charge in [-0.05, 0) is 61.8 Å². The third-order valence-corrected chi connectivity index (χ3v) is 5.79. The molecule has 0 amide bonds. The SMILES string of the molecule is COc1cncc(C2(O)C3CC4CC(C3)CC2C4)c1. The van der Waals surface area contributed by atoms with Gasteiger partial charge >= 0.3 is 0 Å². The van der Waals surface area contributed by atoms with Gasteiger partial charge in [-0.1, -0.05) is 0 Å². The first kappa shape index (κ1) is 11.7. The molecule has 1 heterocycles. The van der Waals surface area contributed by atoms with Crippen molar-refractivity contribution in [3.8, 4) is 5.75 Å². The Morgan fingerprint density at radius 1 is 1.11 bits per heavy atom. The standard InChI is InChI=1S/C16H21NO2/c1-19-15-7-14(8-17-9-15)16(18)12-3-10-2-11(5-12)6-13(16)4-10/h7-13,18H,2-6H2,1H3. The molecule has 4 aliphatic rings. The molecule has 0 unspecified atom stereocenters. The maximum atomic E-state index is 11.4. The van der Waals surface area contributed by atoms with Crippen LogP contribution in [0.5, 0.6) is 5.75 Å². The number of aliphatic hydroxyl groups is 1. The van der Waals surface area contributed by atoms with E-state index in [2.05, 4.69) is 4.98 Å². The zero-order valence-corrected chi connectivity index (χ0v) is 11.4. The monoisotopic (exact) mass is 259 g/mol. The van der Waals surface area contributed by atoms with Gasteiger partial charge in [0.1, 0.15) is 5.75 Å². The fraction of sp³-hybridized carbons (Fsp3) is 0.688. The molecule has 4 bridgehead atoms. The van der Waals surface area contributed by atoms with E-state index in [-0.39, 0.29) is 0 Å². The van der Waals surface area contributed by atoms with Crippen LogP contribution in [-0.2, 0) is 5.60 Å². The molecule has 0 radical (unpaired) electrons. The van der Waals surface area contributed by atoms with Crippen molar-refractivity contribution in [1.29, 1.82) is 0 Å². The van der Waals surface area contributed by atoms with Crippen LogP contribution in [-0.4, -0.2) is 17.2 Å². The third-order valence-electron chi connectivity index (χ3n) is 5.79. The van der Waals surface area contributed by atoms with E-state index in [9.17, 15) is 5.11 Å². The lowest BCUT2D eigenvalue weighted by atomic mass is 9.48. The van der Waals surface area contributed by atoms with E-state index in [0.29, 0.717) is 11.8 Å². The predicted octanol–water partition coefficient (Wildman–Crippen LogP) is 2.73. The van der Waals surface area contributed by atoms with E-state index in [0.717, 1.165) is 23.1 Å². The molecule has 3 nitrogen and oxygen atoms in total. The van der Waals surface area contributed by atoms with Crippen molar-refractivity contribution < 1.29 is 9.84 Å². The van der Waals surface area contributed by atoms with Crippen LogP contribution in [0.4, 0.5) is 0 Å². The molecule has 5 rings (SSSR count). The molecule has 0 aromatic carbocycles. The highest BCUT2D eigenvalue weighted by Crippen LogP contribution is 2.61. The van der Waals surface area contributed by atoms with Crippen LogP contribution in [0.25, 0.3) is 0 Å². The summed E-state index contributed by atoms with van der Waals surface area (Å²) in [4.78, 5) is 4.25. The maximum absolute atomic E-state index is 11.4. The Kier molecular flexibility index (Phi) is 2.44. The summed E-state index contributed by atoms with van der Waals surface area (Å²) in [6, 6.07) is 1.98. The van der Waals surface area contributed by atoms with Gasteiger partial charge in [0.05, 0.1) is 18.9 Å². The van der Waals surface area contributed by atoms with Crippen LogP contribution in [0.1, 0.15) is 37.7 Å². The van der Waals surface area contributed by atoms with Crippen molar-refractivity contribution in [1.82, 2.24) is 4.98 Å². The number of rotatable bonds is 2. The Morgan fingerprint density at radius 2 is 1.74 bits per heavy atom. The first-order valence-electron chi connectivity index (χ1n) is 7.42. The summed E-state index contributed by atoms with van der Waals surface area (Å²) in [6.45, 7) is 0. The minimum Gasteiger partial charge on any atom is -0.495 e.